The molecule has 0 N–H and O–H groups in total. The van der Waals surface area contributed by atoms with Crippen molar-refractivity contribution in [2.75, 3.05) is 39.5 Å². The smallest absolute Gasteiger partial charge is 0.229 e. The van der Waals surface area contributed by atoms with Crippen molar-refractivity contribution < 1.29 is 14.3 Å². The van der Waals surface area contributed by atoms with Gasteiger partial charge < -0.3 is 14.4 Å². The standard InChI is InChI=1S/C17H26N4O3/c1-19-5-4-13(18-19)11-16(22)21-12-15(20-6-9-23-10-7-20)17-14(21)3-2-8-24-17/h4-5,14-15,17H,2-3,6-12H2,1H3/t14-,15-,17+/m0/s1. The number of likely N-dealkylation sites (tertiary alicyclic amines) is 1. The average Bonchev–Trinajstić information content (AvgIpc) is 3.19. The van der Waals surface area contributed by atoms with Crippen LogP contribution in [0.3, 0.4) is 0 Å². The highest BCUT2D eigenvalue weighted by Gasteiger charge is 2.48. The molecule has 7 heteroatoms. The van der Waals surface area contributed by atoms with E-state index >= 15 is 0 Å². The van der Waals surface area contributed by atoms with Gasteiger partial charge in [0.1, 0.15) is 0 Å². The molecule has 24 heavy (non-hydrogen) atoms. The molecule has 0 spiro atoms. The van der Waals surface area contributed by atoms with Gasteiger partial charge >= 0.3 is 0 Å². The average molecular weight is 334 g/mol. The van der Waals surface area contributed by atoms with Crippen molar-refractivity contribution in [3.63, 3.8) is 0 Å². The van der Waals surface area contributed by atoms with E-state index in [4.69, 9.17) is 9.47 Å². The van der Waals surface area contributed by atoms with E-state index in [0.717, 1.165) is 58.0 Å². The van der Waals surface area contributed by atoms with E-state index in [9.17, 15) is 4.79 Å². The largest absolute Gasteiger partial charge is 0.379 e. The van der Waals surface area contributed by atoms with Crippen LogP contribution in [0, 0.1) is 0 Å². The molecule has 0 radical (unpaired) electrons. The third-order valence-corrected chi connectivity index (χ3v) is 5.43. The summed E-state index contributed by atoms with van der Waals surface area (Å²) >= 11 is 0. The molecule has 1 aromatic heterocycles. The highest BCUT2D eigenvalue weighted by molar-refractivity contribution is 5.79. The molecule has 3 saturated heterocycles. The number of aromatic nitrogens is 2. The van der Waals surface area contributed by atoms with Gasteiger partial charge in [0, 0.05) is 39.5 Å². The summed E-state index contributed by atoms with van der Waals surface area (Å²) < 4.78 is 13.3. The zero-order chi connectivity index (χ0) is 16.5. The second kappa shape index (κ2) is 6.82. The van der Waals surface area contributed by atoms with Gasteiger partial charge in [-0.05, 0) is 18.9 Å². The molecule has 3 aliphatic rings. The van der Waals surface area contributed by atoms with Crippen LogP contribution >= 0.6 is 0 Å². The number of carbonyl (C=O) groups is 1. The minimum absolute atomic E-state index is 0.143. The molecule has 1 aromatic rings. The van der Waals surface area contributed by atoms with E-state index in [1.54, 1.807) is 4.68 Å². The Morgan fingerprint density at radius 1 is 1.29 bits per heavy atom. The second-order valence-corrected chi connectivity index (χ2v) is 6.96. The van der Waals surface area contributed by atoms with Gasteiger partial charge in [0.15, 0.2) is 0 Å². The van der Waals surface area contributed by atoms with Crippen molar-refractivity contribution >= 4 is 5.91 Å². The van der Waals surface area contributed by atoms with Gasteiger partial charge in [-0.3, -0.25) is 14.4 Å². The SMILES string of the molecule is Cn1ccc(CC(=O)N2C[C@H](N3CCOCC3)[C@@H]3OCCC[C@@H]32)n1. The fraction of sp³-hybridized carbons (Fsp3) is 0.765. The first-order chi connectivity index (χ1) is 11.7. The van der Waals surface area contributed by atoms with Crippen molar-refractivity contribution in [1.82, 2.24) is 19.6 Å². The Morgan fingerprint density at radius 2 is 2.12 bits per heavy atom. The zero-order valence-corrected chi connectivity index (χ0v) is 14.3. The Balaban J connectivity index is 1.48. The maximum atomic E-state index is 12.9. The van der Waals surface area contributed by atoms with E-state index in [-0.39, 0.29) is 18.1 Å². The highest BCUT2D eigenvalue weighted by Crippen LogP contribution is 2.32. The van der Waals surface area contributed by atoms with Crippen LogP contribution in [0.1, 0.15) is 18.5 Å². The van der Waals surface area contributed by atoms with E-state index < -0.39 is 0 Å². The lowest BCUT2D eigenvalue weighted by atomic mass is 9.99. The molecule has 1 amide bonds. The van der Waals surface area contributed by atoms with E-state index in [0.29, 0.717) is 12.5 Å². The Labute approximate surface area is 142 Å². The minimum Gasteiger partial charge on any atom is -0.379 e. The van der Waals surface area contributed by atoms with Crippen molar-refractivity contribution in [2.45, 2.75) is 37.5 Å². The number of ether oxygens (including phenoxy) is 2. The fourth-order valence-electron chi connectivity index (χ4n) is 4.26. The lowest BCUT2D eigenvalue weighted by Crippen LogP contribution is -2.51. The molecule has 0 saturated carbocycles. The van der Waals surface area contributed by atoms with Gasteiger partial charge in [-0.15, -0.1) is 0 Å². The van der Waals surface area contributed by atoms with Crippen LogP contribution in [0.25, 0.3) is 0 Å². The maximum Gasteiger partial charge on any atom is 0.229 e. The van der Waals surface area contributed by atoms with Gasteiger partial charge in [-0.25, -0.2) is 0 Å². The van der Waals surface area contributed by atoms with Crippen LogP contribution in [0.5, 0.6) is 0 Å². The van der Waals surface area contributed by atoms with Crippen LogP contribution < -0.4 is 0 Å². The number of fused-ring (bicyclic) bond motifs is 1. The number of aryl methyl sites for hydroxylation is 1. The molecule has 7 nitrogen and oxygen atoms in total. The van der Waals surface area contributed by atoms with Crippen LogP contribution in [0.4, 0.5) is 0 Å². The Hall–Kier alpha value is -1.44. The van der Waals surface area contributed by atoms with Crippen molar-refractivity contribution in [3.05, 3.63) is 18.0 Å². The Bertz CT molecular complexity index is 584. The number of rotatable bonds is 3. The quantitative estimate of drug-likeness (QED) is 0.782. The van der Waals surface area contributed by atoms with Gasteiger partial charge in [0.05, 0.1) is 43.5 Å². The molecule has 3 atom stereocenters. The molecule has 3 fully saturated rings. The highest BCUT2D eigenvalue weighted by atomic mass is 16.5. The molecule has 0 aromatic carbocycles. The van der Waals surface area contributed by atoms with Crippen LogP contribution in [-0.4, -0.2) is 83.1 Å². The Kier molecular flexibility index (Phi) is 4.56. The fourth-order valence-corrected chi connectivity index (χ4v) is 4.26. The summed E-state index contributed by atoms with van der Waals surface area (Å²) in [5.41, 5.74) is 0.839. The monoisotopic (exact) mass is 334 g/mol. The lowest BCUT2D eigenvalue weighted by molar-refractivity contribution is -0.134. The first-order valence-corrected chi connectivity index (χ1v) is 8.94. The number of morpholine rings is 1. The summed E-state index contributed by atoms with van der Waals surface area (Å²) in [6.45, 7) is 4.98. The molecular formula is C17H26N4O3. The first kappa shape index (κ1) is 16.1. The summed E-state index contributed by atoms with van der Waals surface area (Å²) in [5, 5.41) is 4.35. The van der Waals surface area contributed by atoms with Crippen LogP contribution in [-0.2, 0) is 27.7 Å². The third kappa shape index (κ3) is 3.08. The molecular weight excluding hydrogens is 308 g/mol. The predicted octanol–water partition coefficient (Wildman–Crippen LogP) is 0.0532. The molecule has 0 bridgehead atoms. The van der Waals surface area contributed by atoms with Crippen molar-refractivity contribution in [1.29, 1.82) is 0 Å². The summed E-state index contributed by atoms with van der Waals surface area (Å²) in [6.07, 6.45) is 4.48. The summed E-state index contributed by atoms with van der Waals surface area (Å²) in [6, 6.07) is 2.43. The topological polar surface area (TPSA) is 59.8 Å². The number of amides is 1. The van der Waals surface area contributed by atoms with Gasteiger partial charge in [-0.1, -0.05) is 0 Å². The molecule has 0 aliphatic carbocycles. The summed E-state index contributed by atoms with van der Waals surface area (Å²) in [7, 11) is 1.88. The zero-order valence-electron chi connectivity index (χ0n) is 14.3. The normalized spacial score (nSPS) is 31.2. The maximum absolute atomic E-state index is 12.9. The van der Waals surface area contributed by atoms with E-state index in [1.165, 1.54) is 0 Å². The number of carbonyl (C=O) groups excluding carboxylic acids is 1. The molecule has 0 unspecified atom stereocenters. The Morgan fingerprint density at radius 3 is 2.88 bits per heavy atom. The first-order valence-electron chi connectivity index (χ1n) is 8.94. The number of hydrogen-bond acceptors (Lipinski definition) is 5. The predicted molar refractivity (Wildman–Crippen MR) is 87.6 cm³/mol. The van der Waals surface area contributed by atoms with Crippen LogP contribution in [0.2, 0.25) is 0 Å². The third-order valence-electron chi connectivity index (χ3n) is 5.43. The van der Waals surface area contributed by atoms with Gasteiger partial charge in [0.2, 0.25) is 5.91 Å². The van der Waals surface area contributed by atoms with Gasteiger partial charge in [0.25, 0.3) is 0 Å². The van der Waals surface area contributed by atoms with Gasteiger partial charge in [-0.2, -0.15) is 5.10 Å². The number of hydrogen-bond donors (Lipinski definition) is 0. The molecule has 4 rings (SSSR count). The molecule has 132 valence electrons. The molecule has 4 heterocycles. The summed E-state index contributed by atoms with van der Waals surface area (Å²) in [5.74, 6) is 0.171. The lowest BCUT2D eigenvalue weighted by Gasteiger charge is -2.37. The second-order valence-electron chi connectivity index (χ2n) is 6.96. The number of nitrogens with zero attached hydrogens (tertiary/aromatic N) is 4. The minimum atomic E-state index is 0.143. The van der Waals surface area contributed by atoms with Crippen LogP contribution in [0.15, 0.2) is 12.3 Å². The van der Waals surface area contributed by atoms with Crippen molar-refractivity contribution in [3.8, 4) is 0 Å². The molecule has 3 aliphatic heterocycles. The van der Waals surface area contributed by atoms with E-state index in [2.05, 4.69) is 14.9 Å². The summed E-state index contributed by atoms with van der Waals surface area (Å²) in [4.78, 5) is 17.4. The van der Waals surface area contributed by atoms with Crippen molar-refractivity contribution in [2.24, 2.45) is 7.05 Å². The van der Waals surface area contributed by atoms with E-state index in [1.807, 2.05) is 19.3 Å².